The quantitative estimate of drug-likeness (QED) is 0.615. The van der Waals surface area contributed by atoms with Gasteiger partial charge in [-0.1, -0.05) is 0 Å². The van der Waals surface area contributed by atoms with E-state index < -0.39 is 6.10 Å². The Bertz CT molecular complexity index is 370. The Morgan fingerprint density at radius 1 is 1.47 bits per heavy atom. The highest BCUT2D eigenvalue weighted by molar-refractivity contribution is 5.76. The first-order valence-electron chi connectivity index (χ1n) is 6.54. The Labute approximate surface area is 114 Å². The van der Waals surface area contributed by atoms with E-state index in [0.717, 1.165) is 0 Å². The van der Waals surface area contributed by atoms with E-state index in [1.54, 1.807) is 17.1 Å². The third-order valence-corrected chi connectivity index (χ3v) is 2.38. The number of hydrogen-bond acceptors (Lipinski definition) is 4. The smallest absolute Gasteiger partial charge is 0.221 e. The maximum Gasteiger partial charge on any atom is 0.221 e. The van der Waals surface area contributed by atoms with Crippen molar-refractivity contribution in [3.05, 3.63) is 18.5 Å². The second kappa shape index (κ2) is 7.25. The molecule has 0 aliphatic rings. The molecule has 19 heavy (non-hydrogen) atoms. The van der Waals surface area contributed by atoms with Crippen molar-refractivity contribution in [2.75, 3.05) is 13.1 Å². The van der Waals surface area contributed by atoms with Crippen molar-refractivity contribution >= 4 is 5.91 Å². The third-order valence-electron chi connectivity index (χ3n) is 2.38. The first-order chi connectivity index (χ1) is 8.87. The van der Waals surface area contributed by atoms with Crippen LogP contribution in [0.4, 0.5) is 0 Å². The summed E-state index contributed by atoms with van der Waals surface area (Å²) in [5, 5.41) is 19.7. The summed E-state index contributed by atoms with van der Waals surface area (Å²) in [7, 11) is 0. The molecule has 1 atom stereocenters. The molecule has 3 N–H and O–H groups in total. The molecule has 0 bridgehead atoms. The van der Waals surface area contributed by atoms with E-state index in [0.29, 0.717) is 26.1 Å². The van der Waals surface area contributed by atoms with Crippen LogP contribution in [0.5, 0.6) is 0 Å². The SMILES string of the molecule is CC(C)(C)NC(=O)CCNCC(O)Cn1cccn1. The maximum absolute atomic E-state index is 11.5. The lowest BCUT2D eigenvalue weighted by Crippen LogP contribution is -2.42. The van der Waals surface area contributed by atoms with Crippen LogP contribution in [0.1, 0.15) is 27.2 Å². The van der Waals surface area contributed by atoms with Crippen LogP contribution in [0, 0.1) is 0 Å². The molecule has 6 heteroatoms. The summed E-state index contributed by atoms with van der Waals surface area (Å²) in [6.07, 6.45) is 3.38. The summed E-state index contributed by atoms with van der Waals surface area (Å²) in [6, 6.07) is 1.82. The molecule has 0 saturated heterocycles. The van der Waals surface area contributed by atoms with Crippen LogP contribution in [0.2, 0.25) is 0 Å². The number of aliphatic hydroxyl groups is 1. The van der Waals surface area contributed by atoms with Crippen molar-refractivity contribution in [1.82, 2.24) is 20.4 Å². The molecule has 1 aromatic rings. The van der Waals surface area contributed by atoms with Gasteiger partial charge in [0.15, 0.2) is 0 Å². The second-order valence-corrected chi connectivity index (χ2v) is 5.63. The largest absolute Gasteiger partial charge is 0.390 e. The van der Waals surface area contributed by atoms with Gasteiger partial charge in [0.25, 0.3) is 0 Å². The minimum atomic E-state index is -0.509. The summed E-state index contributed by atoms with van der Waals surface area (Å²) in [5.41, 5.74) is -0.198. The third kappa shape index (κ3) is 7.58. The second-order valence-electron chi connectivity index (χ2n) is 5.63. The monoisotopic (exact) mass is 268 g/mol. The molecule has 0 saturated carbocycles. The minimum Gasteiger partial charge on any atom is -0.390 e. The lowest BCUT2D eigenvalue weighted by molar-refractivity contribution is -0.122. The van der Waals surface area contributed by atoms with Crippen molar-refractivity contribution in [2.24, 2.45) is 0 Å². The Balaban J connectivity index is 2.09. The first kappa shape index (κ1) is 15.7. The van der Waals surface area contributed by atoms with Gasteiger partial charge >= 0.3 is 0 Å². The van der Waals surface area contributed by atoms with Crippen molar-refractivity contribution in [1.29, 1.82) is 0 Å². The van der Waals surface area contributed by atoms with Crippen LogP contribution in [0.3, 0.4) is 0 Å². The molecular formula is C13H24N4O2. The molecule has 6 nitrogen and oxygen atoms in total. The highest BCUT2D eigenvalue weighted by Crippen LogP contribution is 1.98. The molecular weight excluding hydrogens is 244 g/mol. The molecule has 0 aliphatic heterocycles. The average Bonchev–Trinajstić information content (AvgIpc) is 2.74. The molecule has 0 spiro atoms. The van der Waals surface area contributed by atoms with Crippen molar-refractivity contribution < 1.29 is 9.90 Å². The van der Waals surface area contributed by atoms with E-state index in [4.69, 9.17) is 0 Å². The molecule has 0 fully saturated rings. The highest BCUT2D eigenvalue weighted by atomic mass is 16.3. The molecule has 0 radical (unpaired) electrons. The maximum atomic E-state index is 11.5. The predicted molar refractivity (Wildman–Crippen MR) is 73.6 cm³/mol. The number of nitrogens with zero attached hydrogens (tertiary/aromatic N) is 2. The Morgan fingerprint density at radius 2 is 2.21 bits per heavy atom. The van der Waals surface area contributed by atoms with Crippen molar-refractivity contribution in [2.45, 2.75) is 45.4 Å². The molecule has 108 valence electrons. The fraction of sp³-hybridized carbons (Fsp3) is 0.692. The van der Waals surface area contributed by atoms with Crippen molar-refractivity contribution in [3.63, 3.8) is 0 Å². The number of amides is 1. The lowest BCUT2D eigenvalue weighted by atomic mass is 10.1. The number of aliphatic hydroxyl groups excluding tert-OH is 1. The van der Waals surface area contributed by atoms with E-state index in [1.165, 1.54) is 0 Å². The van der Waals surface area contributed by atoms with Gasteiger partial charge in [-0.05, 0) is 26.8 Å². The molecule has 1 rings (SSSR count). The van der Waals surface area contributed by atoms with E-state index in [9.17, 15) is 9.90 Å². The zero-order chi connectivity index (χ0) is 14.3. The van der Waals surface area contributed by atoms with Crippen LogP contribution in [0.15, 0.2) is 18.5 Å². The van der Waals surface area contributed by atoms with Gasteiger partial charge in [0.05, 0.1) is 12.6 Å². The number of nitrogens with one attached hydrogen (secondary N) is 2. The summed E-state index contributed by atoms with van der Waals surface area (Å²) < 4.78 is 1.68. The zero-order valence-corrected chi connectivity index (χ0v) is 11.9. The molecule has 1 unspecified atom stereocenters. The number of carbonyl (C=O) groups excluding carboxylic acids is 1. The fourth-order valence-electron chi connectivity index (χ4n) is 1.64. The van der Waals surface area contributed by atoms with Gasteiger partial charge < -0.3 is 15.7 Å². The van der Waals surface area contributed by atoms with E-state index >= 15 is 0 Å². The van der Waals surface area contributed by atoms with Gasteiger partial charge in [0.1, 0.15) is 0 Å². The van der Waals surface area contributed by atoms with Gasteiger partial charge in [0, 0.05) is 37.4 Å². The van der Waals surface area contributed by atoms with Crippen LogP contribution in [0.25, 0.3) is 0 Å². The molecule has 1 aromatic heterocycles. The van der Waals surface area contributed by atoms with Crippen LogP contribution >= 0.6 is 0 Å². The first-order valence-corrected chi connectivity index (χ1v) is 6.54. The van der Waals surface area contributed by atoms with Gasteiger partial charge in [0.2, 0.25) is 5.91 Å². The Morgan fingerprint density at radius 3 is 2.79 bits per heavy atom. The van der Waals surface area contributed by atoms with Crippen LogP contribution < -0.4 is 10.6 Å². The predicted octanol–water partition coefficient (Wildman–Crippen LogP) is 0.138. The zero-order valence-electron chi connectivity index (χ0n) is 11.9. The molecule has 1 heterocycles. The highest BCUT2D eigenvalue weighted by Gasteiger charge is 2.13. The summed E-state index contributed by atoms with van der Waals surface area (Å²) in [4.78, 5) is 11.5. The average molecular weight is 268 g/mol. The van der Waals surface area contributed by atoms with E-state index in [1.807, 2.05) is 26.8 Å². The molecule has 0 aromatic carbocycles. The van der Waals surface area contributed by atoms with Gasteiger partial charge in [-0.3, -0.25) is 9.48 Å². The Kier molecular flexibility index (Phi) is 5.98. The minimum absolute atomic E-state index is 0.0153. The lowest BCUT2D eigenvalue weighted by Gasteiger charge is -2.20. The topological polar surface area (TPSA) is 79.2 Å². The van der Waals surface area contributed by atoms with E-state index in [2.05, 4.69) is 15.7 Å². The Hall–Kier alpha value is -1.40. The summed E-state index contributed by atoms with van der Waals surface area (Å²) >= 11 is 0. The normalized spacial score (nSPS) is 13.3. The summed E-state index contributed by atoms with van der Waals surface area (Å²) in [6.45, 7) is 7.30. The molecule has 0 aliphatic carbocycles. The molecule has 1 amide bonds. The number of rotatable bonds is 7. The number of hydrogen-bond donors (Lipinski definition) is 3. The number of carbonyl (C=O) groups is 1. The number of aromatic nitrogens is 2. The fourth-order valence-corrected chi connectivity index (χ4v) is 1.64. The van der Waals surface area contributed by atoms with E-state index in [-0.39, 0.29) is 11.4 Å². The van der Waals surface area contributed by atoms with Gasteiger partial charge in [-0.25, -0.2) is 0 Å². The summed E-state index contributed by atoms with van der Waals surface area (Å²) in [5.74, 6) is 0.0153. The van der Waals surface area contributed by atoms with Crippen molar-refractivity contribution in [3.8, 4) is 0 Å². The van der Waals surface area contributed by atoms with Crippen LogP contribution in [-0.2, 0) is 11.3 Å². The van der Waals surface area contributed by atoms with Gasteiger partial charge in [-0.15, -0.1) is 0 Å². The van der Waals surface area contributed by atoms with Crippen LogP contribution in [-0.4, -0.2) is 45.5 Å². The van der Waals surface area contributed by atoms with Gasteiger partial charge in [-0.2, -0.15) is 5.10 Å². The standard InChI is InChI=1S/C13H24N4O2/c1-13(2,3)16-12(19)5-7-14-9-11(18)10-17-8-4-6-15-17/h4,6,8,11,14,18H,5,7,9-10H2,1-3H3,(H,16,19).